The van der Waals surface area contributed by atoms with Crippen molar-refractivity contribution in [1.82, 2.24) is 19.7 Å². The first-order chi connectivity index (χ1) is 15.5. The van der Waals surface area contributed by atoms with Gasteiger partial charge in [0.1, 0.15) is 11.5 Å². The molecule has 3 heterocycles. The SMILES string of the molecule is Cc1ccc(C(=O)Nc2cc(-c3ccco3)nn2-c2nc3c(c(=O)[nH]2)CCCC3)cc1C. The summed E-state index contributed by atoms with van der Waals surface area (Å²) in [5.74, 6) is 0.925. The van der Waals surface area contributed by atoms with Crippen LogP contribution >= 0.6 is 0 Å². The summed E-state index contributed by atoms with van der Waals surface area (Å²) in [5.41, 5.74) is 4.56. The van der Waals surface area contributed by atoms with Gasteiger partial charge in [-0.1, -0.05) is 6.07 Å². The Kier molecular flexibility index (Phi) is 4.97. The quantitative estimate of drug-likeness (QED) is 0.511. The summed E-state index contributed by atoms with van der Waals surface area (Å²) in [4.78, 5) is 33.2. The fraction of sp³-hybridized carbons (Fsp3) is 0.250. The van der Waals surface area contributed by atoms with Crippen LogP contribution in [0.25, 0.3) is 17.4 Å². The summed E-state index contributed by atoms with van der Waals surface area (Å²) < 4.78 is 6.93. The lowest BCUT2D eigenvalue weighted by atomic mass is 9.97. The molecule has 5 rings (SSSR count). The van der Waals surface area contributed by atoms with Crippen molar-refractivity contribution in [2.45, 2.75) is 39.5 Å². The van der Waals surface area contributed by atoms with Gasteiger partial charge in [0, 0.05) is 17.2 Å². The molecule has 162 valence electrons. The number of carbonyl (C=O) groups is 1. The van der Waals surface area contributed by atoms with Gasteiger partial charge in [-0.15, -0.1) is 0 Å². The standard InChI is InChI=1S/C24H23N5O3/c1-14-9-10-16(12-15(14)2)22(30)26-21-13-19(20-8-5-11-32-20)28-29(21)24-25-18-7-4-3-6-17(18)23(31)27-24/h5,8-13H,3-4,6-7H2,1-2H3,(H,26,30)(H,25,27,31). The van der Waals surface area contributed by atoms with Gasteiger partial charge in [-0.05, 0) is 74.9 Å². The summed E-state index contributed by atoms with van der Waals surface area (Å²) >= 11 is 0. The van der Waals surface area contributed by atoms with Crippen LogP contribution in [0.15, 0.2) is 51.9 Å². The second-order valence-corrected chi connectivity index (χ2v) is 8.08. The van der Waals surface area contributed by atoms with E-state index in [2.05, 4.69) is 20.4 Å². The number of hydrogen-bond donors (Lipinski definition) is 2. The number of nitrogens with zero attached hydrogens (tertiary/aromatic N) is 3. The molecule has 32 heavy (non-hydrogen) atoms. The molecule has 0 radical (unpaired) electrons. The first kappa shape index (κ1) is 20.0. The summed E-state index contributed by atoms with van der Waals surface area (Å²) in [6.07, 6.45) is 5.02. The molecule has 1 amide bonds. The minimum atomic E-state index is -0.277. The lowest BCUT2D eigenvalue weighted by molar-refractivity contribution is 0.102. The zero-order valence-corrected chi connectivity index (χ0v) is 17.9. The average Bonchev–Trinajstić information content (AvgIpc) is 3.46. The van der Waals surface area contributed by atoms with Crippen molar-refractivity contribution < 1.29 is 9.21 Å². The third-order valence-electron chi connectivity index (χ3n) is 5.87. The number of benzene rings is 1. The Hall–Kier alpha value is -3.94. The molecule has 8 nitrogen and oxygen atoms in total. The van der Waals surface area contributed by atoms with Crippen LogP contribution in [0.2, 0.25) is 0 Å². The monoisotopic (exact) mass is 429 g/mol. The van der Waals surface area contributed by atoms with Gasteiger partial charge in [-0.3, -0.25) is 14.6 Å². The number of aryl methyl sites for hydroxylation is 3. The lowest BCUT2D eigenvalue weighted by Crippen LogP contribution is -2.24. The number of anilines is 1. The summed E-state index contributed by atoms with van der Waals surface area (Å²) in [7, 11) is 0. The molecular weight excluding hydrogens is 406 g/mol. The predicted octanol–water partition coefficient (Wildman–Crippen LogP) is 3.96. The maximum atomic E-state index is 13.0. The summed E-state index contributed by atoms with van der Waals surface area (Å²) in [6, 6.07) is 10.8. The topological polar surface area (TPSA) is 106 Å². The molecule has 0 aliphatic heterocycles. The Morgan fingerprint density at radius 2 is 1.97 bits per heavy atom. The third kappa shape index (κ3) is 3.64. The van der Waals surface area contributed by atoms with Gasteiger partial charge in [0.05, 0.1) is 12.0 Å². The highest BCUT2D eigenvalue weighted by Gasteiger charge is 2.21. The largest absolute Gasteiger partial charge is 0.463 e. The fourth-order valence-corrected chi connectivity index (χ4v) is 3.94. The van der Waals surface area contributed by atoms with Crippen LogP contribution in [-0.4, -0.2) is 25.7 Å². The molecule has 4 aromatic rings. The van der Waals surface area contributed by atoms with E-state index in [1.165, 1.54) is 4.68 Å². The molecule has 0 fully saturated rings. The van der Waals surface area contributed by atoms with Crippen molar-refractivity contribution in [2.24, 2.45) is 0 Å². The van der Waals surface area contributed by atoms with E-state index < -0.39 is 0 Å². The minimum Gasteiger partial charge on any atom is -0.463 e. The maximum Gasteiger partial charge on any atom is 0.256 e. The van der Waals surface area contributed by atoms with Crippen LogP contribution < -0.4 is 10.9 Å². The molecule has 0 spiro atoms. The van der Waals surface area contributed by atoms with Crippen molar-refractivity contribution in [3.05, 3.63) is 81.0 Å². The fourth-order valence-electron chi connectivity index (χ4n) is 3.94. The summed E-state index contributed by atoms with van der Waals surface area (Å²) in [5, 5.41) is 7.48. The number of hydrogen-bond acceptors (Lipinski definition) is 5. The number of nitrogens with one attached hydrogen (secondary N) is 2. The number of amides is 1. The number of fused-ring (bicyclic) bond motifs is 1. The van der Waals surface area contributed by atoms with E-state index in [1.807, 2.05) is 26.0 Å². The molecule has 2 N–H and O–H groups in total. The molecule has 0 bridgehead atoms. The Morgan fingerprint density at radius 3 is 2.75 bits per heavy atom. The van der Waals surface area contributed by atoms with Crippen LogP contribution in [0.4, 0.5) is 5.82 Å². The van der Waals surface area contributed by atoms with Crippen molar-refractivity contribution in [3.63, 3.8) is 0 Å². The molecule has 1 aliphatic rings. The Morgan fingerprint density at radius 1 is 1.12 bits per heavy atom. The number of furan rings is 1. The molecule has 0 unspecified atom stereocenters. The van der Waals surface area contributed by atoms with Crippen molar-refractivity contribution in [2.75, 3.05) is 5.32 Å². The first-order valence-electron chi connectivity index (χ1n) is 10.6. The Bertz CT molecular complexity index is 1370. The van der Waals surface area contributed by atoms with E-state index in [0.717, 1.165) is 48.1 Å². The molecule has 3 aromatic heterocycles. The van der Waals surface area contributed by atoms with Gasteiger partial charge in [-0.25, -0.2) is 4.98 Å². The van der Waals surface area contributed by atoms with Gasteiger partial charge >= 0.3 is 0 Å². The van der Waals surface area contributed by atoms with Crippen molar-refractivity contribution >= 4 is 11.7 Å². The highest BCUT2D eigenvalue weighted by molar-refractivity contribution is 6.04. The Balaban J connectivity index is 1.58. The molecule has 0 saturated carbocycles. The summed E-state index contributed by atoms with van der Waals surface area (Å²) in [6.45, 7) is 3.97. The van der Waals surface area contributed by atoms with Crippen molar-refractivity contribution in [1.29, 1.82) is 0 Å². The van der Waals surface area contributed by atoms with Crippen LogP contribution in [-0.2, 0) is 12.8 Å². The lowest BCUT2D eigenvalue weighted by Gasteiger charge is -2.15. The number of aromatic amines is 1. The highest BCUT2D eigenvalue weighted by atomic mass is 16.3. The average molecular weight is 429 g/mol. The molecule has 1 aromatic carbocycles. The van der Waals surface area contributed by atoms with E-state index in [1.54, 1.807) is 30.5 Å². The normalized spacial score (nSPS) is 13.1. The van der Waals surface area contributed by atoms with Gasteiger partial charge in [-0.2, -0.15) is 9.78 Å². The van der Waals surface area contributed by atoms with Crippen LogP contribution in [0.5, 0.6) is 0 Å². The zero-order valence-electron chi connectivity index (χ0n) is 17.9. The Labute approximate surface area is 184 Å². The van der Waals surface area contributed by atoms with Crippen LogP contribution in [0.1, 0.15) is 45.6 Å². The highest BCUT2D eigenvalue weighted by Crippen LogP contribution is 2.25. The smallest absolute Gasteiger partial charge is 0.256 e. The van der Waals surface area contributed by atoms with Gasteiger partial charge < -0.3 is 9.73 Å². The number of rotatable bonds is 4. The number of carbonyl (C=O) groups excluding carboxylic acids is 1. The third-order valence-corrected chi connectivity index (χ3v) is 5.87. The van der Waals surface area contributed by atoms with E-state index in [4.69, 9.17) is 4.42 Å². The zero-order chi connectivity index (χ0) is 22.2. The van der Waals surface area contributed by atoms with E-state index in [9.17, 15) is 9.59 Å². The molecule has 0 saturated heterocycles. The van der Waals surface area contributed by atoms with E-state index in [0.29, 0.717) is 22.8 Å². The van der Waals surface area contributed by atoms with E-state index >= 15 is 0 Å². The molecule has 8 heteroatoms. The molecule has 0 atom stereocenters. The second kappa shape index (κ2) is 7.96. The van der Waals surface area contributed by atoms with Crippen molar-refractivity contribution in [3.8, 4) is 17.4 Å². The molecular formula is C24H23N5O3. The van der Waals surface area contributed by atoms with Gasteiger partial charge in [0.25, 0.3) is 11.5 Å². The second-order valence-electron chi connectivity index (χ2n) is 8.08. The van der Waals surface area contributed by atoms with Crippen LogP contribution in [0, 0.1) is 13.8 Å². The minimum absolute atomic E-state index is 0.161. The first-order valence-corrected chi connectivity index (χ1v) is 10.6. The number of H-pyrrole nitrogens is 1. The van der Waals surface area contributed by atoms with Gasteiger partial charge in [0.15, 0.2) is 5.76 Å². The van der Waals surface area contributed by atoms with Crippen LogP contribution in [0.3, 0.4) is 0 Å². The number of aromatic nitrogens is 4. The predicted molar refractivity (Wildman–Crippen MR) is 120 cm³/mol. The van der Waals surface area contributed by atoms with E-state index in [-0.39, 0.29) is 17.4 Å². The maximum absolute atomic E-state index is 13.0. The van der Waals surface area contributed by atoms with Gasteiger partial charge in [0.2, 0.25) is 5.95 Å². The molecule has 1 aliphatic carbocycles.